The quantitative estimate of drug-likeness (QED) is 0.802. The maximum absolute atomic E-state index is 12.0. The number of hydrogen-bond donors (Lipinski definition) is 2. The minimum absolute atomic E-state index is 0.150. The Kier molecular flexibility index (Phi) is 6.52. The van der Waals surface area contributed by atoms with E-state index in [0.717, 1.165) is 6.54 Å². The highest BCUT2D eigenvalue weighted by Gasteiger charge is 2.20. The fourth-order valence-electron chi connectivity index (χ4n) is 1.86. The van der Waals surface area contributed by atoms with Gasteiger partial charge in [0.15, 0.2) is 0 Å². The summed E-state index contributed by atoms with van der Waals surface area (Å²) in [6.07, 6.45) is 1.93. The molecule has 2 N–H and O–H groups in total. The Bertz CT molecular complexity index is 430. The molecule has 0 bridgehead atoms. The molecule has 0 heterocycles. The fraction of sp³-hybridized carbons (Fsp3) is 0.533. The van der Waals surface area contributed by atoms with Gasteiger partial charge < -0.3 is 15.3 Å². The summed E-state index contributed by atoms with van der Waals surface area (Å²) >= 11 is 1.56. The van der Waals surface area contributed by atoms with Gasteiger partial charge in [0, 0.05) is 24.4 Å². The van der Waals surface area contributed by atoms with Crippen molar-refractivity contribution in [3.05, 3.63) is 35.4 Å². The highest BCUT2D eigenvalue weighted by molar-refractivity contribution is 7.98. The summed E-state index contributed by atoms with van der Waals surface area (Å²) in [4.78, 5) is 14.1. The highest BCUT2D eigenvalue weighted by atomic mass is 32.2. The van der Waals surface area contributed by atoms with Crippen LogP contribution in [0.2, 0.25) is 0 Å². The first-order valence-corrected chi connectivity index (χ1v) is 7.96. The van der Waals surface area contributed by atoms with Crippen LogP contribution in [0, 0.1) is 0 Å². The number of amides is 1. The van der Waals surface area contributed by atoms with Crippen molar-refractivity contribution < 1.29 is 9.90 Å². The van der Waals surface area contributed by atoms with Crippen molar-refractivity contribution in [3.63, 3.8) is 0 Å². The molecule has 1 aromatic carbocycles. The average Bonchev–Trinajstić information content (AvgIpc) is 2.36. The van der Waals surface area contributed by atoms with Gasteiger partial charge in [-0.25, -0.2) is 0 Å². The number of carbonyl (C=O) groups is 1. The molecule has 0 aliphatic carbocycles. The molecule has 0 radical (unpaired) electrons. The van der Waals surface area contributed by atoms with Crippen LogP contribution in [-0.4, -0.2) is 54.2 Å². The summed E-state index contributed by atoms with van der Waals surface area (Å²) in [5.41, 5.74) is 0.910. The zero-order valence-corrected chi connectivity index (χ0v) is 13.5. The van der Waals surface area contributed by atoms with Crippen LogP contribution in [0.15, 0.2) is 24.3 Å². The van der Waals surface area contributed by atoms with Gasteiger partial charge in [-0.2, -0.15) is 11.8 Å². The molecule has 112 valence electrons. The minimum atomic E-state index is -0.875. The second kappa shape index (κ2) is 7.67. The first-order chi connectivity index (χ1) is 9.34. The van der Waals surface area contributed by atoms with Gasteiger partial charge in [0.1, 0.15) is 0 Å². The first-order valence-electron chi connectivity index (χ1n) is 6.57. The molecule has 1 atom stereocenters. The Labute approximate surface area is 125 Å². The van der Waals surface area contributed by atoms with Crippen LogP contribution in [0.4, 0.5) is 0 Å². The van der Waals surface area contributed by atoms with E-state index in [1.165, 1.54) is 5.56 Å². The normalized spacial score (nSPS) is 14.1. The number of aliphatic hydroxyl groups is 1. The summed E-state index contributed by atoms with van der Waals surface area (Å²) in [7, 11) is 4.02. The summed E-state index contributed by atoms with van der Waals surface area (Å²) < 4.78 is 0. The number of nitrogens with zero attached hydrogens (tertiary/aromatic N) is 1. The van der Waals surface area contributed by atoms with Crippen LogP contribution in [0.1, 0.15) is 22.8 Å². The topological polar surface area (TPSA) is 52.6 Å². The van der Waals surface area contributed by atoms with E-state index in [-0.39, 0.29) is 12.5 Å². The van der Waals surface area contributed by atoms with Crippen LogP contribution < -0.4 is 5.32 Å². The van der Waals surface area contributed by atoms with Crippen molar-refractivity contribution in [1.82, 2.24) is 10.2 Å². The van der Waals surface area contributed by atoms with E-state index in [1.807, 2.05) is 44.6 Å². The Hall–Kier alpha value is -1.04. The van der Waals surface area contributed by atoms with Gasteiger partial charge in [0.25, 0.3) is 5.91 Å². The van der Waals surface area contributed by atoms with Gasteiger partial charge >= 0.3 is 0 Å². The van der Waals surface area contributed by atoms with Crippen LogP contribution in [0.3, 0.4) is 0 Å². The van der Waals surface area contributed by atoms with Crippen molar-refractivity contribution in [2.24, 2.45) is 0 Å². The van der Waals surface area contributed by atoms with Gasteiger partial charge in [0.2, 0.25) is 0 Å². The van der Waals surface area contributed by atoms with Gasteiger partial charge in [-0.1, -0.05) is 12.1 Å². The predicted molar refractivity (Wildman–Crippen MR) is 85.2 cm³/mol. The van der Waals surface area contributed by atoms with E-state index >= 15 is 0 Å². The molecule has 0 aromatic heterocycles. The molecule has 1 unspecified atom stereocenters. The van der Waals surface area contributed by atoms with Crippen molar-refractivity contribution in [2.45, 2.75) is 19.1 Å². The van der Waals surface area contributed by atoms with Crippen LogP contribution in [0.25, 0.3) is 0 Å². The maximum Gasteiger partial charge on any atom is 0.251 e. The SMILES string of the molecule is CSCC(C)(O)CNC(=O)c1ccc(CN(C)C)cc1. The van der Waals surface area contributed by atoms with Gasteiger partial charge in [0.05, 0.1) is 5.60 Å². The molecule has 0 aliphatic heterocycles. The molecule has 4 nitrogen and oxygen atoms in total. The van der Waals surface area contributed by atoms with Crippen LogP contribution >= 0.6 is 11.8 Å². The summed E-state index contributed by atoms with van der Waals surface area (Å²) in [6, 6.07) is 7.54. The standard InChI is InChI=1S/C15H24N2O2S/c1-15(19,11-20-4)10-16-14(18)13-7-5-12(6-8-13)9-17(2)3/h5-8,19H,9-11H2,1-4H3,(H,16,18). The van der Waals surface area contributed by atoms with Crippen molar-refractivity contribution >= 4 is 17.7 Å². The smallest absolute Gasteiger partial charge is 0.251 e. The van der Waals surface area contributed by atoms with Crippen LogP contribution in [-0.2, 0) is 6.54 Å². The summed E-state index contributed by atoms with van der Waals surface area (Å²) in [5.74, 6) is 0.442. The number of rotatable bonds is 7. The van der Waals surface area contributed by atoms with E-state index in [9.17, 15) is 9.90 Å². The van der Waals surface area contributed by atoms with Crippen molar-refractivity contribution in [2.75, 3.05) is 32.6 Å². The molecule has 1 aromatic rings. The summed E-state index contributed by atoms with van der Waals surface area (Å²) in [6.45, 7) is 2.83. The Morgan fingerprint density at radius 3 is 2.45 bits per heavy atom. The number of nitrogens with one attached hydrogen (secondary N) is 1. The van der Waals surface area contributed by atoms with E-state index in [4.69, 9.17) is 0 Å². The number of hydrogen-bond acceptors (Lipinski definition) is 4. The monoisotopic (exact) mass is 296 g/mol. The lowest BCUT2D eigenvalue weighted by atomic mass is 10.1. The van der Waals surface area contributed by atoms with E-state index in [1.54, 1.807) is 18.7 Å². The average molecular weight is 296 g/mol. The largest absolute Gasteiger partial charge is 0.387 e. The first kappa shape index (κ1) is 17.0. The van der Waals surface area contributed by atoms with Gasteiger partial charge in [-0.05, 0) is 45.0 Å². The molecule has 5 heteroatoms. The molecule has 1 rings (SSSR count). The zero-order valence-electron chi connectivity index (χ0n) is 12.6. The number of thioether (sulfide) groups is 1. The molecular formula is C15H24N2O2S. The third-order valence-corrected chi connectivity index (χ3v) is 3.71. The molecule has 0 fully saturated rings. The van der Waals surface area contributed by atoms with E-state index < -0.39 is 5.60 Å². The second-order valence-corrected chi connectivity index (χ2v) is 6.41. The molecule has 20 heavy (non-hydrogen) atoms. The van der Waals surface area contributed by atoms with Gasteiger partial charge in [-0.3, -0.25) is 4.79 Å². The molecule has 0 saturated carbocycles. The number of benzene rings is 1. The van der Waals surface area contributed by atoms with Gasteiger partial charge in [-0.15, -0.1) is 0 Å². The lowest BCUT2D eigenvalue weighted by Gasteiger charge is -2.22. The summed E-state index contributed by atoms with van der Waals surface area (Å²) in [5, 5.41) is 12.8. The molecule has 1 amide bonds. The van der Waals surface area contributed by atoms with E-state index in [0.29, 0.717) is 11.3 Å². The third-order valence-electron chi connectivity index (χ3n) is 2.80. The molecule has 0 saturated heterocycles. The lowest BCUT2D eigenvalue weighted by molar-refractivity contribution is 0.0725. The van der Waals surface area contributed by atoms with Crippen molar-refractivity contribution in [1.29, 1.82) is 0 Å². The fourth-order valence-corrected chi connectivity index (χ4v) is 2.59. The maximum atomic E-state index is 12.0. The third kappa shape index (κ3) is 5.94. The Balaban J connectivity index is 2.55. The van der Waals surface area contributed by atoms with E-state index in [2.05, 4.69) is 10.2 Å². The molecular weight excluding hydrogens is 272 g/mol. The lowest BCUT2D eigenvalue weighted by Crippen LogP contribution is -2.42. The zero-order chi connectivity index (χ0) is 15.2. The van der Waals surface area contributed by atoms with Crippen molar-refractivity contribution in [3.8, 4) is 0 Å². The second-order valence-electron chi connectivity index (χ2n) is 5.55. The van der Waals surface area contributed by atoms with Crippen LogP contribution in [0.5, 0.6) is 0 Å². The predicted octanol–water partition coefficient (Wildman–Crippen LogP) is 1.59. The highest BCUT2D eigenvalue weighted by Crippen LogP contribution is 2.10. The molecule has 0 aliphatic rings. The Morgan fingerprint density at radius 1 is 1.35 bits per heavy atom. The Morgan fingerprint density at radius 2 is 1.95 bits per heavy atom. The number of carbonyl (C=O) groups excluding carboxylic acids is 1. The minimum Gasteiger partial charge on any atom is -0.387 e. The molecule has 0 spiro atoms.